The highest BCUT2D eigenvalue weighted by molar-refractivity contribution is 5.88. The third kappa shape index (κ3) is 5.67. The van der Waals surface area contributed by atoms with Crippen molar-refractivity contribution >= 4 is 16.8 Å². The van der Waals surface area contributed by atoms with Crippen molar-refractivity contribution in [1.29, 1.82) is 0 Å². The smallest absolute Gasteiger partial charge is 0.221 e. The number of aromatic amines is 1. The number of methoxy groups -OCH3 is 1. The van der Waals surface area contributed by atoms with Crippen LogP contribution in [0.4, 0.5) is 0 Å². The molecule has 1 aromatic heterocycles. The van der Waals surface area contributed by atoms with Gasteiger partial charge in [-0.3, -0.25) is 4.79 Å². The van der Waals surface area contributed by atoms with Gasteiger partial charge in [0.25, 0.3) is 0 Å². The number of aromatic nitrogens is 1. The number of H-pyrrole nitrogens is 1. The Balaban J connectivity index is 1.58. The Morgan fingerprint density at radius 3 is 2.53 bits per heavy atom. The molecular formula is C29H32N2O3. The van der Waals surface area contributed by atoms with Crippen molar-refractivity contribution in [1.82, 2.24) is 10.3 Å². The maximum atomic E-state index is 12.8. The molecule has 0 unspecified atom stereocenters. The van der Waals surface area contributed by atoms with E-state index in [1.54, 1.807) is 7.11 Å². The highest BCUT2D eigenvalue weighted by atomic mass is 16.5. The van der Waals surface area contributed by atoms with E-state index in [4.69, 9.17) is 9.47 Å². The number of hydrogen-bond acceptors (Lipinski definition) is 3. The minimum atomic E-state index is -0.0772. The van der Waals surface area contributed by atoms with E-state index in [9.17, 15) is 4.79 Å². The zero-order valence-electron chi connectivity index (χ0n) is 19.8. The molecule has 176 valence electrons. The highest BCUT2D eigenvalue weighted by Gasteiger charge is 2.22. The molecule has 0 aliphatic carbocycles. The van der Waals surface area contributed by atoms with Crippen molar-refractivity contribution in [2.45, 2.75) is 32.3 Å². The molecule has 2 N–H and O–H groups in total. The van der Waals surface area contributed by atoms with Crippen molar-refractivity contribution < 1.29 is 14.3 Å². The lowest BCUT2D eigenvalue weighted by Gasteiger charge is -2.18. The van der Waals surface area contributed by atoms with Crippen molar-refractivity contribution in [3.05, 3.63) is 101 Å². The van der Waals surface area contributed by atoms with Crippen molar-refractivity contribution in [2.75, 3.05) is 20.3 Å². The fourth-order valence-corrected chi connectivity index (χ4v) is 4.32. The molecule has 0 bridgehead atoms. The lowest BCUT2D eigenvalue weighted by molar-refractivity contribution is -0.121. The summed E-state index contributed by atoms with van der Waals surface area (Å²) < 4.78 is 11.0. The molecule has 3 aromatic carbocycles. The first kappa shape index (κ1) is 23.6. The molecule has 0 aliphatic rings. The van der Waals surface area contributed by atoms with Crippen LogP contribution in [0.3, 0.4) is 0 Å². The van der Waals surface area contributed by atoms with Crippen molar-refractivity contribution in [3.8, 4) is 5.75 Å². The number of carbonyl (C=O) groups excluding carboxylic acids is 1. The summed E-state index contributed by atoms with van der Waals surface area (Å²) in [5.74, 6) is 0.738. The first-order valence-corrected chi connectivity index (χ1v) is 11.8. The van der Waals surface area contributed by atoms with E-state index in [-0.39, 0.29) is 11.8 Å². The molecule has 0 spiro atoms. The SMILES string of the molecule is CCc1cccc2c([C@H](CC(=O)NCCOC)c3ccc(OCc4ccccc4)cc3)c[nH]c12. The Hall–Kier alpha value is -3.57. The second-order valence-electron chi connectivity index (χ2n) is 8.38. The second-order valence-corrected chi connectivity index (χ2v) is 8.38. The van der Waals surface area contributed by atoms with Gasteiger partial charge in [0.1, 0.15) is 12.4 Å². The van der Waals surface area contributed by atoms with E-state index in [1.807, 2.05) is 42.5 Å². The largest absolute Gasteiger partial charge is 0.489 e. The fourth-order valence-electron chi connectivity index (χ4n) is 4.32. The lowest BCUT2D eigenvalue weighted by Crippen LogP contribution is -2.28. The summed E-state index contributed by atoms with van der Waals surface area (Å²) in [6.45, 7) is 3.68. The van der Waals surface area contributed by atoms with Gasteiger partial charge in [0.05, 0.1) is 6.61 Å². The number of carbonyl (C=O) groups is 1. The molecular weight excluding hydrogens is 424 g/mol. The van der Waals surface area contributed by atoms with Gasteiger partial charge in [0.2, 0.25) is 5.91 Å². The van der Waals surface area contributed by atoms with Crippen LogP contribution in [0, 0.1) is 0 Å². The standard InChI is InChI=1S/C29H32N2O3/c1-3-22-10-7-11-25-27(19-31-29(22)25)26(18-28(32)30-16-17-33-2)23-12-14-24(15-13-23)34-20-21-8-5-4-6-9-21/h4-15,19,26,31H,3,16-18,20H2,1-2H3,(H,30,32)/t26-/m1/s1. The van der Waals surface area contributed by atoms with E-state index in [0.717, 1.165) is 34.4 Å². The van der Waals surface area contributed by atoms with Gasteiger partial charge in [-0.05, 0) is 40.8 Å². The van der Waals surface area contributed by atoms with Crippen LogP contribution in [-0.2, 0) is 22.6 Å². The molecule has 1 atom stereocenters. The average molecular weight is 457 g/mol. The van der Waals surface area contributed by atoms with Gasteiger partial charge in [0.15, 0.2) is 0 Å². The van der Waals surface area contributed by atoms with Crippen LogP contribution in [0.2, 0.25) is 0 Å². The summed E-state index contributed by atoms with van der Waals surface area (Å²) in [5.41, 5.74) is 5.76. The van der Waals surface area contributed by atoms with Gasteiger partial charge >= 0.3 is 0 Å². The average Bonchev–Trinajstić information content (AvgIpc) is 3.31. The number of nitrogens with one attached hydrogen (secondary N) is 2. The van der Waals surface area contributed by atoms with Crippen LogP contribution < -0.4 is 10.1 Å². The summed E-state index contributed by atoms with van der Waals surface area (Å²) >= 11 is 0. The molecule has 0 aliphatic heterocycles. The van der Waals surface area contributed by atoms with E-state index in [0.29, 0.717) is 26.2 Å². The maximum Gasteiger partial charge on any atom is 0.221 e. The van der Waals surface area contributed by atoms with Gasteiger partial charge in [-0.1, -0.05) is 67.6 Å². The zero-order chi connectivity index (χ0) is 23.8. The minimum absolute atomic E-state index is 0.00690. The minimum Gasteiger partial charge on any atom is -0.489 e. The maximum absolute atomic E-state index is 12.8. The highest BCUT2D eigenvalue weighted by Crippen LogP contribution is 2.35. The fraction of sp³-hybridized carbons (Fsp3) is 0.276. The summed E-state index contributed by atoms with van der Waals surface area (Å²) in [5, 5.41) is 4.13. The number of aryl methyl sites for hydroxylation is 1. The molecule has 4 aromatic rings. The molecule has 1 amide bonds. The molecule has 5 heteroatoms. The van der Waals surface area contributed by atoms with E-state index < -0.39 is 0 Å². The molecule has 0 saturated heterocycles. The molecule has 0 fully saturated rings. The number of hydrogen-bond donors (Lipinski definition) is 2. The topological polar surface area (TPSA) is 63.4 Å². The number of para-hydroxylation sites is 1. The zero-order valence-corrected chi connectivity index (χ0v) is 19.8. The first-order chi connectivity index (χ1) is 16.7. The number of fused-ring (bicyclic) bond motifs is 1. The molecule has 34 heavy (non-hydrogen) atoms. The normalized spacial score (nSPS) is 11.9. The Labute approximate surface area is 201 Å². The van der Waals surface area contributed by atoms with Crippen molar-refractivity contribution in [2.24, 2.45) is 0 Å². The summed E-state index contributed by atoms with van der Waals surface area (Å²) in [4.78, 5) is 16.2. The van der Waals surface area contributed by atoms with Crippen LogP contribution in [0.5, 0.6) is 5.75 Å². The quantitative estimate of drug-likeness (QED) is 0.289. The van der Waals surface area contributed by atoms with E-state index >= 15 is 0 Å². The van der Waals surface area contributed by atoms with Gasteiger partial charge < -0.3 is 19.8 Å². The van der Waals surface area contributed by atoms with Crippen LogP contribution in [0.25, 0.3) is 10.9 Å². The first-order valence-electron chi connectivity index (χ1n) is 11.8. The Morgan fingerprint density at radius 1 is 1.00 bits per heavy atom. The van der Waals surface area contributed by atoms with Gasteiger partial charge in [-0.15, -0.1) is 0 Å². The molecule has 1 heterocycles. The molecule has 5 nitrogen and oxygen atoms in total. The molecule has 0 radical (unpaired) electrons. The summed E-state index contributed by atoms with van der Waals surface area (Å²) in [6.07, 6.45) is 3.36. The van der Waals surface area contributed by atoms with Crippen LogP contribution in [0.15, 0.2) is 79.0 Å². The van der Waals surface area contributed by atoms with Gasteiger partial charge in [-0.2, -0.15) is 0 Å². The second kappa shape index (κ2) is 11.5. The lowest BCUT2D eigenvalue weighted by atomic mass is 9.87. The van der Waals surface area contributed by atoms with E-state index in [1.165, 1.54) is 10.9 Å². The Kier molecular flexibility index (Phi) is 7.99. The third-order valence-corrected chi connectivity index (χ3v) is 6.14. The van der Waals surface area contributed by atoms with Gasteiger partial charge in [0, 0.05) is 43.1 Å². The van der Waals surface area contributed by atoms with Crippen molar-refractivity contribution in [3.63, 3.8) is 0 Å². The summed E-state index contributed by atoms with van der Waals surface area (Å²) in [6, 6.07) is 24.6. The number of ether oxygens (including phenoxy) is 2. The third-order valence-electron chi connectivity index (χ3n) is 6.14. The van der Waals surface area contributed by atoms with Crippen LogP contribution >= 0.6 is 0 Å². The molecule has 0 saturated carbocycles. The Bertz CT molecular complexity index is 1200. The Morgan fingerprint density at radius 2 is 1.79 bits per heavy atom. The number of amides is 1. The van der Waals surface area contributed by atoms with Crippen LogP contribution in [-0.4, -0.2) is 31.2 Å². The summed E-state index contributed by atoms with van der Waals surface area (Å²) in [7, 11) is 1.63. The predicted molar refractivity (Wildman–Crippen MR) is 136 cm³/mol. The predicted octanol–water partition coefficient (Wildman–Crippen LogP) is 5.59. The van der Waals surface area contributed by atoms with Crippen LogP contribution in [0.1, 0.15) is 41.5 Å². The molecule has 4 rings (SSSR count). The number of benzene rings is 3. The van der Waals surface area contributed by atoms with E-state index in [2.05, 4.69) is 53.8 Å². The monoisotopic (exact) mass is 456 g/mol. The number of rotatable bonds is 11. The van der Waals surface area contributed by atoms with Gasteiger partial charge in [-0.25, -0.2) is 0 Å².